The SMILES string of the molecule is COc1ccc(-n2nc(C3=NCC(C)N3)c3c2C(=O)N(c2ccc(N4CCCCC4=O)cc2)CC3)cc1. The zero-order valence-corrected chi connectivity index (χ0v) is 21.1. The van der Waals surface area contributed by atoms with Crippen molar-refractivity contribution in [3.05, 3.63) is 65.5 Å². The van der Waals surface area contributed by atoms with E-state index in [0.29, 0.717) is 31.6 Å². The molecule has 2 aromatic carbocycles. The number of nitrogens with one attached hydrogen (secondary N) is 1. The van der Waals surface area contributed by atoms with Crippen LogP contribution in [0.2, 0.25) is 0 Å². The van der Waals surface area contributed by atoms with Crippen LogP contribution in [0.25, 0.3) is 5.69 Å². The van der Waals surface area contributed by atoms with Crippen molar-refractivity contribution in [2.45, 2.75) is 38.6 Å². The number of rotatable bonds is 5. The molecule has 1 N–H and O–H groups in total. The van der Waals surface area contributed by atoms with Gasteiger partial charge in [0.2, 0.25) is 5.91 Å². The molecule has 0 radical (unpaired) electrons. The molecular weight excluding hydrogens is 468 g/mol. The Morgan fingerprint density at radius 1 is 0.892 bits per heavy atom. The molecule has 3 aliphatic rings. The first-order chi connectivity index (χ1) is 18.0. The summed E-state index contributed by atoms with van der Waals surface area (Å²) in [5, 5.41) is 8.29. The molecule has 3 aromatic rings. The molecule has 4 heterocycles. The van der Waals surface area contributed by atoms with Gasteiger partial charge in [0.15, 0.2) is 0 Å². The molecule has 1 unspecified atom stereocenters. The maximum absolute atomic E-state index is 14.0. The van der Waals surface area contributed by atoms with Crippen LogP contribution in [0.5, 0.6) is 5.75 Å². The molecule has 6 rings (SSSR count). The fourth-order valence-electron chi connectivity index (χ4n) is 5.29. The van der Waals surface area contributed by atoms with Gasteiger partial charge in [0.25, 0.3) is 5.91 Å². The third-order valence-electron chi connectivity index (χ3n) is 7.26. The summed E-state index contributed by atoms with van der Waals surface area (Å²) in [5.74, 6) is 1.53. The average Bonchev–Trinajstić information content (AvgIpc) is 3.53. The van der Waals surface area contributed by atoms with Crippen molar-refractivity contribution in [3.8, 4) is 11.4 Å². The van der Waals surface area contributed by atoms with Gasteiger partial charge >= 0.3 is 0 Å². The van der Waals surface area contributed by atoms with Crippen LogP contribution in [0.15, 0.2) is 53.5 Å². The number of benzene rings is 2. The second-order valence-electron chi connectivity index (χ2n) is 9.75. The highest BCUT2D eigenvalue weighted by Gasteiger charge is 2.35. The number of piperidine rings is 1. The summed E-state index contributed by atoms with van der Waals surface area (Å²) < 4.78 is 7.04. The summed E-state index contributed by atoms with van der Waals surface area (Å²) >= 11 is 0. The van der Waals surface area contributed by atoms with Crippen molar-refractivity contribution in [2.75, 3.05) is 36.5 Å². The molecule has 1 fully saturated rings. The maximum atomic E-state index is 14.0. The van der Waals surface area contributed by atoms with E-state index < -0.39 is 0 Å². The molecule has 1 saturated heterocycles. The first-order valence-electron chi connectivity index (χ1n) is 12.8. The quantitative estimate of drug-likeness (QED) is 0.583. The molecular formula is C28H30N6O3. The van der Waals surface area contributed by atoms with Crippen LogP contribution in [0, 0.1) is 0 Å². The smallest absolute Gasteiger partial charge is 0.277 e. The minimum atomic E-state index is -0.107. The van der Waals surface area contributed by atoms with Gasteiger partial charge in [-0.2, -0.15) is 5.10 Å². The second-order valence-corrected chi connectivity index (χ2v) is 9.75. The Morgan fingerprint density at radius 2 is 1.59 bits per heavy atom. The molecule has 9 nitrogen and oxygen atoms in total. The van der Waals surface area contributed by atoms with Gasteiger partial charge in [-0.05, 0) is 74.7 Å². The van der Waals surface area contributed by atoms with E-state index in [0.717, 1.165) is 59.3 Å². The molecule has 9 heteroatoms. The number of ether oxygens (including phenoxy) is 1. The molecule has 0 bridgehead atoms. The van der Waals surface area contributed by atoms with Gasteiger partial charge in [-0.3, -0.25) is 14.6 Å². The molecule has 0 spiro atoms. The van der Waals surface area contributed by atoms with Crippen molar-refractivity contribution in [1.82, 2.24) is 15.1 Å². The first-order valence-corrected chi connectivity index (χ1v) is 12.8. The van der Waals surface area contributed by atoms with E-state index in [4.69, 9.17) is 9.84 Å². The highest BCUT2D eigenvalue weighted by atomic mass is 16.5. The van der Waals surface area contributed by atoms with Crippen LogP contribution >= 0.6 is 0 Å². The summed E-state index contributed by atoms with van der Waals surface area (Å²) in [6, 6.07) is 15.5. The summed E-state index contributed by atoms with van der Waals surface area (Å²) in [5.41, 5.74) is 4.66. The fraction of sp³-hybridized carbons (Fsp3) is 0.357. The lowest BCUT2D eigenvalue weighted by atomic mass is 10.0. The molecule has 2 amide bonds. The van der Waals surface area contributed by atoms with Crippen LogP contribution < -0.4 is 19.9 Å². The molecule has 190 valence electrons. The van der Waals surface area contributed by atoms with Gasteiger partial charge in [0.05, 0.1) is 19.3 Å². The minimum absolute atomic E-state index is 0.107. The first kappa shape index (κ1) is 23.3. The van der Waals surface area contributed by atoms with Gasteiger partial charge in [0, 0.05) is 42.5 Å². The Hall–Kier alpha value is -4.14. The summed E-state index contributed by atoms with van der Waals surface area (Å²) in [4.78, 5) is 34.6. The zero-order chi connectivity index (χ0) is 25.5. The lowest BCUT2D eigenvalue weighted by Crippen LogP contribution is -2.39. The Balaban J connectivity index is 1.36. The predicted octanol–water partition coefficient (Wildman–Crippen LogP) is 3.34. The van der Waals surface area contributed by atoms with Crippen molar-refractivity contribution >= 4 is 29.0 Å². The number of carbonyl (C=O) groups excluding carboxylic acids is 2. The van der Waals surface area contributed by atoms with Gasteiger partial charge in [-0.1, -0.05) is 0 Å². The van der Waals surface area contributed by atoms with Crippen molar-refractivity contribution in [3.63, 3.8) is 0 Å². The highest BCUT2D eigenvalue weighted by Crippen LogP contribution is 2.31. The Labute approximate surface area is 215 Å². The van der Waals surface area contributed by atoms with Gasteiger partial charge < -0.3 is 19.9 Å². The zero-order valence-electron chi connectivity index (χ0n) is 21.1. The number of fused-ring (bicyclic) bond motifs is 1. The number of aromatic nitrogens is 2. The third kappa shape index (κ3) is 4.14. The van der Waals surface area contributed by atoms with Crippen LogP contribution in [0.3, 0.4) is 0 Å². The largest absolute Gasteiger partial charge is 0.497 e. The predicted molar refractivity (Wildman–Crippen MR) is 142 cm³/mol. The number of amides is 2. The number of hydrogen-bond acceptors (Lipinski definition) is 6. The van der Waals surface area contributed by atoms with E-state index in [1.54, 1.807) is 16.7 Å². The molecule has 37 heavy (non-hydrogen) atoms. The molecule has 0 saturated carbocycles. The number of nitrogens with zero attached hydrogens (tertiary/aromatic N) is 5. The number of hydrogen-bond donors (Lipinski definition) is 1. The summed E-state index contributed by atoms with van der Waals surface area (Å²) in [6.07, 6.45) is 3.21. The monoisotopic (exact) mass is 498 g/mol. The van der Waals surface area contributed by atoms with Crippen LogP contribution in [-0.2, 0) is 11.2 Å². The van der Waals surface area contributed by atoms with Crippen molar-refractivity contribution < 1.29 is 14.3 Å². The number of anilines is 2. The van der Waals surface area contributed by atoms with E-state index in [2.05, 4.69) is 17.2 Å². The number of methoxy groups -OCH3 is 1. The van der Waals surface area contributed by atoms with E-state index in [1.807, 2.05) is 53.4 Å². The Kier molecular flexibility index (Phi) is 5.90. The van der Waals surface area contributed by atoms with Crippen molar-refractivity contribution in [1.29, 1.82) is 0 Å². The molecule has 1 aromatic heterocycles. The van der Waals surface area contributed by atoms with E-state index >= 15 is 0 Å². The lowest BCUT2D eigenvalue weighted by molar-refractivity contribution is -0.119. The summed E-state index contributed by atoms with van der Waals surface area (Å²) in [6.45, 7) is 4.05. The molecule has 0 aliphatic carbocycles. The third-order valence-corrected chi connectivity index (χ3v) is 7.26. The Morgan fingerprint density at radius 3 is 2.24 bits per heavy atom. The maximum Gasteiger partial charge on any atom is 0.277 e. The van der Waals surface area contributed by atoms with E-state index in [1.165, 1.54) is 0 Å². The number of amidine groups is 1. The summed E-state index contributed by atoms with van der Waals surface area (Å²) in [7, 11) is 1.63. The van der Waals surface area contributed by atoms with Gasteiger partial charge in [-0.25, -0.2) is 4.68 Å². The van der Waals surface area contributed by atoms with E-state index in [9.17, 15) is 9.59 Å². The molecule has 1 atom stereocenters. The van der Waals surface area contributed by atoms with Crippen molar-refractivity contribution in [2.24, 2.45) is 4.99 Å². The van der Waals surface area contributed by atoms with Gasteiger partial charge in [-0.15, -0.1) is 0 Å². The van der Waals surface area contributed by atoms with E-state index in [-0.39, 0.29) is 17.9 Å². The van der Waals surface area contributed by atoms with Crippen LogP contribution in [0.1, 0.15) is 47.9 Å². The van der Waals surface area contributed by atoms with Crippen LogP contribution in [0.4, 0.5) is 11.4 Å². The minimum Gasteiger partial charge on any atom is -0.497 e. The van der Waals surface area contributed by atoms with Crippen LogP contribution in [-0.4, -0.2) is 60.2 Å². The number of aliphatic imine (C=N–C) groups is 1. The topological polar surface area (TPSA) is 92.1 Å². The number of carbonyl (C=O) groups is 2. The highest BCUT2D eigenvalue weighted by molar-refractivity contribution is 6.10. The standard InChI is InChI=1S/C28H30N6O3/c1-18-17-29-27(30-18)25-23-14-16-33(20-8-6-19(7-9-20)32-15-4-3-5-24(32)35)28(36)26(23)34(31-25)21-10-12-22(37-2)13-11-21/h6-13,18H,3-5,14-17H2,1-2H3,(H,29,30). The average molecular weight is 499 g/mol. The normalized spacial score (nSPS) is 19.5. The second kappa shape index (κ2) is 9.38. The lowest BCUT2D eigenvalue weighted by Gasteiger charge is -2.30. The molecule has 3 aliphatic heterocycles. The fourth-order valence-corrected chi connectivity index (χ4v) is 5.29. The Bertz CT molecular complexity index is 1380. The van der Waals surface area contributed by atoms with Gasteiger partial charge in [0.1, 0.15) is 23.0 Å².